The van der Waals surface area contributed by atoms with E-state index in [-0.39, 0.29) is 16.4 Å². The summed E-state index contributed by atoms with van der Waals surface area (Å²) in [6.45, 7) is 4.78. The molecule has 1 fully saturated rings. The minimum absolute atomic E-state index is 0.154. The third-order valence-electron chi connectivity index (χ3n) is 3.57. The van der Waals surface area contributed by atoms with Gasteiger partial charge in [-0.05, 0) is 32.2 Å². The van der Waals surface area contributed by atoms with Gasteiger partial charge in [-0.2, -0.15) is 8.42 Å². The van der Waals surface area contributed by atoms with Crippen LogP contribution in [0.15, 0.2) is 23.1 Å². The first-order valence-electron chi connectivity index (χ1n) is 7.05. The molecule has 0 bridgehead atoms. The maximum absolute atomic E-state index is 12.6. The summed E-state index contributed by atoms with van der Waals surface area (Å²) < 4.78 is 37.1. The van der Waals surface area contributed by atoms with Gasteiger partial charge in [-0.1, -0.05) is 0 Å². The molecule has 1 aliphatic rings. The van der Waals surface area contributed by atoms with E-state index in [1.165, 1.54) is 18.2 Å². The molecule has 1 N–H and O–H groups in total. The molecule has 0 aliphatic carbocycles. The Morgan fingerprint density at radius 3 is 2.45 bits per heavy atom. The third-order valence-corrected chi connectivity index (χ3v) is 4.42. The first-order valence-corrected chi connectivity index (χ1v) is 8.49. The van der Waals surface area contributed by atoms with Crippen LogP contribution in [0.1, 0.15) is 17.3 Å². The van der Waals surface area contributed by atoms with Gasteiger partial charge < -0.3 is 14.5 Å². The number of piperazine rings is 1. The van der Waals surface area contributed by atoms with Gasteiger partial charge in [-0.25, -0.2) is 0 Å². The van der Waals surface area contributed by atoms with Gasteiger partial charge in [0.2, 0.25) is 0 Å². The Kier molecular flexibility index (Phi) is 5.05. The highest BCUT2D eigenvalue weighted by Crippen LogP contribution is 2.24. The number of likely N-dealkylation sites (N-methyl/N-ethyl adjacent to an activating group) is 1. The molecule has 1 heterocycles. The van der Waals surface area contributed by atoms with Gasteiger partial charge in [0, 0.05) is 26.2 Å². The predicted molar refractivity (Wildman–Crippen MR) is 80.8 cm³/mol. The average molecular weight is 328 g/mol. The number of nitrogens with zero attached hydrogens (tertiary/aromatic N) is 2. The topological polar surface area (TPSA) is 87.2 Å². The minimum atomic E-state index is -4.36. The molecule has 1 aromatic carbocycles. The Morgan fingerprint density at radius 2 is 1.91 bits per heavy atom. The molecule has 1 aromatic rings. The van der Waals surface area contributed by atoms with Crippen LogP contribution in [-0.4, -0.2) is 68.5 Å². The average Bonchev–Trinajstić information content (AvgIpc) is 2.47. The third kappa shape index (κ3) is 3.76. The number of benzene rings is 1. The quantitative estimate of drug-likeness (QED) is 0.820. The molecule has 8 heteroatoms. The summed E-state index contributed by atoms with van der Waals surface area (Å²) in [6, 6.07) is 3.79. The lowest BCUT2D eigenvalue weighted by Gasteiger charge is -2.32. The number of ether oxygens (including phenoxy) is 1. The van der Waals surface area contributed by atoms with E-state index >= 15 is 0 Å². The largest absolute Gasteiger partial charge is 0.493 e. The lowest BCUT2D eigenvalue weighted by Crippen LogP contribution is -2.47. The van der Waals surface area contributed by atoms with Crippen LogP contribution in [0.5, 0.6) is 5.75 Å². The highest BCUT2D eigenvalue weighted by atomic mass is 32.2. The van der Waals surface area contributed by atoms with Gasteiger partial charge in [0.1, 0.15) is 5.75 Å². The van der Waals surface area contributed by atoms with E-state index in [0.29, 0.717) is 25.4 Å². The van der Waals surface area contributed by atoms with Crippen molar-refractivity contribution in [3.05, 3.63) is 23.8 Å². The van der Waals surface area contributed by atoms with Crippen LogP contribution in [0.25, 0.3) is 0 Å². The Morgan fingerprint density at radius 1 is 1.27 bits per heavy atom. The van der Waals surface area contributed by atoms with Crippen molar-refractivity contribution in [1.82, 2.24) is 9.80 Å². The highest BCUT2D eigenvalue weighted by molar-refractivity contribution is 7.85. The number of amides is 1. The van der Waals surface area contributed by atoms with Gasteiger partial charge >= 0.3 is 0 Å². The Bertz CT molecular complexity index is 651. The van der Waals surface area contributed by atoms with Crippen molar-refractivity contribution in [3.8, 4) is 5.75 Å². The predicted octanol–water partition coefficient (Wildman–Crippen LogP) is 0.720. The SMILES string of the molecule is CCOc1ccc(S(=O)(=O)O)cc1C(=O)N1CCN(C)CC1. The molecular weight excluding hydrogens is 308 g/mol. The van der Waals surface area contributed by atoms with Crippen LogP contribution in [0, 0.1) is 0 Å². The van der Waals surface area contributed by atoms with Crippen molar-refractivity contribution in [2.75, 3.05) is 39.8 Å². The zero-order valence-electron chi connectivity index (χ0n) is 12.7. The van der Waals surface area contributed by atoms with Crippen LogP contribution in [0.3, 0.4) is 0 Å². The Hall–Kier alpha value is -1.64. The summed E-state index contributed by atoms with van der Waals surface area (Å²) in [6.07, 6.45) is 0. The van der Waals surface area contributed by atoms with E-state index in [4.69, 9.17) is 9.29 Å². The van der Waals surface area contributed by atoms with Crippen LogP contribution >= 0.6 is 0 Å². The van der Waals surface area contributed by atoms with Gasteiger partial charge in [-0.3, -0.25) is 9.35 Å². The van der Waals surface area contributed by atoms with Crippen molar-refractivity contribution >= 4 is 16.0 Å². The van der Waals surface area contributed by atoms with Crippen molar-refractivity contribution in [3.63, 3.8) is 0 Å². The molecular formula is C14H20N2O5S. The first-order chi connectivity index (χ1) is 10.3. The van der Waals surface area contributed by atoms with E-state index in [0.717, 1.165) is 13.1 Å². The van der Waals surface area contributed by atoms with Gasteiger partial charge in [0.25, 0.3) is 16.0 Å². The summed E-state index contributed by atoms with van der Waals surface area (Å²) in [5, 5.41) is 0. The van der Waals surface area contributed by atoms with Crippen LogP contribution in [0.4, 0.5) is 0 Å². The van der Waals surface area contributed by atoms with Gasteiger partial charge in [-0.15, -0.1) is 0 Å². The van der Waals surface area contributed by atoms with E-state index in [2.05, 4.69) is 4.90 Å². The molecule has 1 amide bonds. The molecule has 0 aromatic heterocycles. The maximum atomic E-state index is 12.6. The fourth-order valence-electron chi connectivity index (χ4n) is 2.30. The highest BCUT2D eigenvalue weighted by Gasteiger charge is 2.25. The lowest BCUT2D eigenvalue weighted by atomic mass is 10.1. The van der Waals surface area contributed by atoms with Crippen molar-refractivity contribution in [1.29, 1.82) is 0 Å². The maximum Gasteiger partial charge on any atom is 0.294 e. The molecule has 7 nitrogen and oxygen atoms in total. The summed E-state index contributed by atoms with van der Waals surface area (Å²) in [7, 11) is -2.39. The van der Waals surface area contributed by atoms with Crippen LogP contribution in [0.2, 0.25) is 0 Å². The lowest BCUT2D eigenvalue weighted by molar-refractivity contribution is 0.0660. The molecule has 0 radical (unpaired) electrons. The van der Waals surface area contributed by atoms with Crippen molar-refractivity contribution < 1.29 is 22.5 Å². The fourth-order valence-corrected chi connectivity index (χ4v) is 2.80. The molecule has 1 saturated heterocycles. The van der Waals surface area contributed by atoms with Crippen molar-refractivity contribution in [2.45, 2.75) is 11.8 Å². The smallest absolute Gasteiger partial charge is 0.294 e. The van der Waals surface area contributed by atoms with E-state index < -0.39 is 10.1 Å². The molecule has 122 valence electrons. The Labute approximate surface area is 130 Å². The van der Waals surface area contributed by atoms with Gasteiger partial charge in [0.05, 0.1) is 17.1 Å². The summed E-state index contributed by atoms with van der Waals surface area (Å²) in [5.41, 5.74) is 0.154. The number of carbonyl (C=O) groups is 1. The monoisotopic (exact) mass is 328 g/mol. The summed E-state index contributed by atoms with van der Waals surface area (Å²) >= 11 is 0. The first kappa shape index (κ1) is 16.7. The molecule has 0 atom stereocenters. The van der Waals surface area contributed by atoms with Gasteiger partial charge in [0.15, 0.2) is 0 Å². The molecule has 2 rings (SSSR count). The zero-order chi connectivity index (χ0) is 16.3. The second-order valence-corrected chi connectivity index (χ2v) is 6.58. The van der Waals surface area contributed by atoms with Crippen molar-refractivity contribution in [2.24, 2.45) is 0 Å². The van der Waals surface area contributed by atoms with Crippen LogP contribution in [-0.2, 0) is 10.1 Å². The molecule has 0 saturated carbocycles. The fraction of sp³-hybridized carbons (Fsp3) is 0.500. The summed E-state index contributed by atoms with van der Waals surface area (Å²) in [5.74, 6) is 0.0286. The second kappa shape index (κ2) is 6.64. The summed E-state index contributed by atoms with van der Waals surface area (Å²) in [4.78, 5) is 16.1. The molecule has 1 aliphatic heterocycles. The van der Waals surface area contributed by atoms with E-state index in [1.807, 2.05) is 7.05 Å². The molecule has 0 spiro atoms. The number of rotatable bonds is 4. The number of hydrogen-bond acceptors (Lipinski definition) is 5. The van der Waals surface area contributed by atoms with E-state index in [9.17, 15) is 13.2 Å². The standard InChI is InChI=1S/C14H20N2O5S/c1-3-21-13-5-4-11(22(18,19)20)10-12(13)14(17)16-8-6-15(2)7-9-16/h4-5,10H,3,6-9H2,1-2H3,(H,18,19,20). The number of hydrogen-bond donors (Lipinski definition) is 1. The minimum Gasteiger partial charge on any atom is -0.493 e. The normalized spacial score (nSPS) is 16.6. The molecule has 22 heavy (non-hydrogen) atoms. The van der Waals surface area contributed by atoms with Crippen LogP contribution < -0.4 is 4.74 Å². The van der Waals surface area contributed by atoms with E-state index in [1.54, 1.807) is 11.8 Å². The number of carbonyl (C=O) groups excluding carboxylic acids is 1. The zero-order valence-corrected chi connectivity index (χ0v) is 13.5. The molecule has 0 unspecified atom stereocenters. The second-order valence-electron chi connectivity index (χ2n) is 5.16. The Balaban J connectivity index is 2.35.